The van der Waals surface area contributed by atoms with E-state index in [-0.39, 0.29) is 6.61 Å². The molecule has 4 aromatic rings. The van der Waals surface area contributed by atoms with Crippen LogP contribution in [-0.4, -0.2) is 21.5 Å². The molecule has 0 radical (unpaired) electrons. The predicted octanol–water partition coefficient (Wildman–Crippen LogP) is 6.87. The van der Waals surface area contributed by atoms with Crippen molar-refractivity contribution in [1.29, 1.82) is 0 Å². The number of thiophene rings is 2. The zero-order valence-electron chi connectivity index (χ0n) is 19.4. The average Bonchev–Trinajstić information content (AvgIpc) is 3.75. The van der Waals surface area contributed by atoms with E-state index < -0.39 is 17.5 Å². The highest BCUT2D eigenvalue weighted by Gasteiger charge is 2.53. The summed E-state index contributed by atoms with van der Waals surface area (Å²) in [7, 11) is 0. The Balaban J connectivity index is 1.20. The normalized spacial score (nSPS) is 15.8. The van der Waals surface area contributed by atoms with Gasteiger partial charge in [-0.2, -0.15) is 4.37 Å². The molecule has 2 saturated carbocycles. The Morgan fingerprint density at radius 1 is 1.17 bits per heavy atom. The molecule has 0 spiro atoms. The Morgan fingerprint density at radius 3 is 2.64 bits per heavy atom. The third-order valence-corrected chi connectivity index (χ3v) is 9.86. The van der Waals surface area contributed by atoms with Crippen molar-refractivity contribution in [2.75, 3.05) is 5.32 Å². The summed E-state index contributed by atoms with van der Waals surface area (Å²) in [6, 6.07) is 11.8. The fraction of sp³-hybridized carbons (Fsp3) is 0.296. The molecule has 0 atom stereocenters. The fourth-order valence-corrected chi connectivity index (χ4v) is 7.40. The van der Waals surface area contributed by atoms with Crippen molar-refractivity contribution in [1.82, 2.24) is 4.37 Å². The molecule has 1 aromatic carbocycles. The highest BCUT2D eigenvalue weighted by molar-refractivity contribution is 7.28. The number of benzene rings is 1. The van der Waals surface area contributed by atoms with Gasteiger partial charge in [0.1, 0.15) is 16.9 Å². The van der Waals surface area contributed by atoms with Crippen LogP contribution in [0.3, 0.4) is 0 Å². The molecule has 9 heteroatoms. The van der Waals surface area contributed by atoms with E-state index in [0.717, 1.165) is 48.8 Å². The lowest BCUT2D eigenvalue weighted by atomic mass is 10.1. The van der Waals surface area contributed by atoms with Crippen molar-refractivity contribution >= 4 is 61.4 Å². The zero-order chi connectivity index (χ0) is 24.9. The van der Waals surface area contributed by atoms with Gasteiger partial charge in [-0.15, -0.1) is 22.7 Å². The smallest absolute Gasteiger partial charge is 0.412 e. The molecule has 1 amide bonds. The Kier molecular flexibility index (Phi) is 5.83. The van der Waals surface area contributed by atoms with Crippen LogP contribution in [0.15, 0.2) is 36.4 Å². The van der Waals surface area contributed by atoms with E-state index in [0.29, 0.717) is 29.3 Å². The van der Waals surface area contributed by atoms with Gasteiger partial charge < -0.3 is 9.84 Å². The summed E-state index contributed by atoms with van der Waals surface area (Å²) in [5.74, 6) is 6.05. The number of aryl methyl sites for hydroxylation is 1. The lowest BCUT2D eigenvalue weighted by Crippen LogP contribution is -2.17. The summed E-state index contributed by atoms with van der Waals surface area (Å²) in [5, 5.41) is 12.5. The maximum atomic E-state index is 12.6. The summed E-state index contributed by atoms with van der Waals surface area (Å²) in [6.45, 7) is 2.19. The lowest BCUT2D eigenvalue weighted by molar-refractivity contribution is -0.139. The third-order valence-electron chi connectivity index (χ3n) is 6.67. The average molecular weight is 535 g/mol. The first-order valence-electron chi connectivity index (χ1n) is 11.7. The number of carboxylic acids is 1. The van der Waals surface area contributed by atoms with E-state index in [2.05, 4.69) is 21.5 Å². The summed E-state index contributed by atoms with van der Waals surface area (Å²) < 4.78 is 12.2. The number of rotatable bonds is 6. The van der Waals surface area contributed by atoms with Gasteiger partial charge in [0.15, 0.2) is 0 Å². The standard InChI is InChI=1S/C27H22N2O4S3/c1-15-4-2-3-5-17(15)14-33-26(32)28-24-19(36-29-23(24)16-6-7-16)9-8-18-12-20-21(34-18)13-22(35-20)27(10-11-27)25(30)31/h2-5,12-13,16H,6-7,10-11,14H2,1H3,(H,28,32)(H,30,31). The van der Waals surface area contributed by atoms with Crippen molar-refractivity contribution in [3.8, 4) is 11.8 Å². The van der Waals surface area contributed by atoms with Crippen molar-refractivity contribution in [2.24, 2.45) is 0 Å². The van der Waals surface area contributed by atoms with Gasteiger partial charge >= 0.3 is 12.1 Å². The van der Waals surface area contributed by atoms with Gasteiger partial charge in [0.25, 0.3) is 0 Å². The fourth-order valence-electron chi connectivity index (χ4n) is 4.14. The minimum absolute atomic E-state index is 0.201. The Bertz CT molecular complexity index is 1530. The number of nitrogens with zero attached hydrogens (tertiary/aromatic N) is 1. The number of hydrogen-bond donors (Lipinski definition) is 2. The number of anilines is 1. The maximum Gasteiger partial charge on any atom is 0.412 e. The van der Waals surface area contributed by atoms with Crippen LogP contribution in [0.1, 0.15) is 63.1 Å². The van der Waals surface area contributed by atoms with E-state index in [4.69, 9.17) is 4.74 Å². The van der Waals surface area contributed by atoms with Crippen LogP contribution in [-0.2, 0) is 21.6 Å². The van der Waals surface area contributed by atoms with Gasteiger partial charge in [-0.1, -0.05) is 24.3 Å². The first kappa shape index (κ1) is 23.2. The van der Waals surface area contributed by atoms with E-state index in [1.54, 1.807) is 22.7 Å². The van der Waals surface area contributed by atoms with Gasteiger partial charge in [-0.3, -0.25) is 10.1 Å². The Labute approximate surface area is 220 Å². The number of nitrogens with one attached hydrogen (secondary N) is 1. The molecule has 6 nitrogen and oxygen atoms in total. The molecule has 3 aromatic heterocycles. The van der Waals surface area contributed by atoms with Crippen LogP contribution in [0.4, 0.5) is 10.5 Å². The molecule has 6 rings (SSSR count). The molecule has 182 valence electrons. The van der Waals surface area contributed by atoms with Crippen molar-refractivity contribution < 1.29 is 19.4 Å². The van der Waals surface area contributed by atoms with Gasteiger partial charge in [-0.25, -0.2) is 4.79 Å². The minimum atomic E-state index is -0.731. The first-order valence-corrected chi connectivity index (χ1v) is 14.1. The van der Waals surface area contributed by atoms with Crippen molar-refractivity contribution in [2.45, 2.75) is 50.5 Å². The minimum Gasteiger partial charge on any atom is -0.481 e. The number of fused-ring (bicyclic) bond motifs is 1. The quantitative estimate of drug-likeness (QED) is 0.264. The monoisotopic (exact) mass is 534 g/mol. The number of aromatic nitrogens is 1. The third kappa shape index (κ3) is 4.41. The molecule has 0 bridgehead atoms. The van der Waals surface area contributed by atoms with Crippen LogP contribution in [0.25, 0.3) is 9.40 Å². The second-order valence-electron chi connectivity index (χ2n) is 9.26. The largest absolute Gasteiger partial charge is 0.481 e. The van der Waals surface area contributed by atoms with E-state index in [1.165, 1.54) is 11.5 Å². The van der Waals surface area contributed by atoms with Crippen LogP contribution < -0.4 is 5.32 Å². The lowest BCUT2D eigenvalue weighted by Gasteiger charge is -2.09. The molecular weight excluding hydrogens is 513 g/mol. The Hall–Kier alpha value is -3.19. The van der Waals surface area contributed by atoms with E-state index >= 15 is 0 Å². The molecular formula is C27H22N2O4S3. The number of carbonyl (C=O) groups excluding carboxylic acids is 1. The van der Waals surface area contributed by atoms with Gasteiger partial charge in [0.05, 0.1) is 16.3 Å². The summed E-state index contributed by atoms with van der Waals surface area (Å²) in [6.07, 6.45) is 3.02. The Morgan fingerprint density at radius 2 is 1.94 bits per heavy atom. The highest BCUT2D eigenvalue weighted by atomic mass is 32.1. The topological polar surface area (TPSA) is 88.5 Å². The van der Waals surface area contributed by atoms with Crippen LogP contribution >= 0.6 is 34.2 Å². The molecule has 2 aliphatic carbocycles. The van der Waals surface area contributed by atoms with Gasteiger partial charge in [0.2, 0.25) is 0 Å². The summed E-state index contributed by atoms with van der Waals surface area (Å²) >= 11 is 4.41. The van der Waals surface area contributed by atoms with Crippen LogP contribution in [0.2, 0.25) is 0 Å². The number of aliphatic carboxylic acids is 1. The van der Waals surface area contributed by atoms with Crippen molar-refractivity contribution in [3.63, 3.8) is 0 Å². The van der Waals surface area contributed by atoms with E-state index in [1.807, 2.05) is 43.3 Å². The van der Waals surface area contributed by atoms with Crippen LogP contribution in [0, 0.1) is 18.8 Å². The molecule has 36 heavy (non-hydrogen) atoms. The summed E-state index contributed by atoms with van der Waals surface area (Å²) in [4.78, 5) is 26.8. The number of hydrogen-bond acceptors (Lipinski definition) is 7. The molecule has 2 fully saturated rings. The van der Waals surface area contributed by atoms with E-state index in [9.17, 15) is 14.7 Å². The number of amides is 1. The number of ether oxygens (including phenoxy) is 1. The molecule has 0 unspecified atom stereocenters. The highest BCUT2D eigenvalue weighted by Crippen LogP contribution is 2.52. The SMILES string of the molecule is Cc1ccccc1COC(=O)Nc1c(C2CC2)nsc1C#Cc1cc2sc(C3(C(=O)O)CC3)cc2s1. The second kappa shape index (κ2) is 9.04. The molecule has 0 aliphatic heterocycles. The zero-order valence-corrected chi connectivity index (χ0v) is 21.9. The molecule has 2 N–H and O–H groups in total. The number of carboxylic acid groups (broad SMARTS) is 1. The van der Waals surface area contributed by atoms with Gasteiger partial charge in [0, 0.05) is 20.2 Å². The van der Waals surface area contributed by atoms with Crippen LogP contribution in [0.5, 0.6) is 0 Å². The molecule has 3 heterocycles. The number of carbonyl (C=O) groups is 2. The summed E-state index contributed by atoms with van der Waals surface area (Å²) in [5.41, 5.74) is 2.91. The first-order chi connectivity index (χ1) is 17.4. The van der Waals surface area contributed by atoms with Gasteiger partial charge in [-0.05, 0) is 79.2 Å². The molecule has 0 saturated heterocycles. The van der Waals surface area contributed by atoms with Crippen molar-refractivity contribution in [3.05, 3.63) is 67.9 Å². The molecule has 2 aliphatic rings. The maximum absolute atomic E-state index is 12.6. The second-order valence-corrected chi connectivity index (χ2v) is 12.2. The predicted molar refractivity (Wildman–Crippen MR) is 143 cm³/mol.